The average Bonchev–Trinajstić information content (AvgIpc) is 3.28. The molecule has 0 aliphatic carbocycles. The molecule has 2 amide bonds. The van der Waals surface area contributed by atoms with Gasteiger partial charge in [-0.2, -0.15) is 0 Å². The van der Waals surface area contributed by atoms with Gasteiger partial charge in [0.15, 0.2) is 0 Å². The number of hydrogen-bond donors (Lipinski definition) is 1. The summed E-state index contributed by atoms with van der Waals surface area (Å²) in [6.07, 6.45) is 8.82. The number of urea groups is 1. The second-order valence-electron chi connectivity index (χ2n) is 7.30. The lowest BCUT2D eigenvalue weighted by Crippen LogP contribution is -2.44. The maximum Gasteiger partial charge on any atom is 0.318 e. The van der Waals surface area contributed by atoms with Gasteiger partial charge in [-0.15, -0.1) is 0 Å². The second kappa shape index (κ2) is 7.98. The monoisotopic (exact) mass is 394 g/mol. The van der Waals surface area contributed by atoms with Gasteiger partial charge < -0.3 is 24.1 Å². The summed E-state index contributed by atoms with van der Waals surface area (Å²) in [5, 5.41) is 3.15. The number of methoxy groups -OCH3 is 1. The molecular weight excluding hydrogens is 368 g/mol. The van der Waals surface area contributed by atoms with Gasteiger partial charge in [0.25, 0.3) is 0 Å². The highest BCUT2D eigenvalue weighted by molar-refractivity contribution is 5.75. The van der Waals surface area contributed by atoms with Crippen molar-refractivity contribution in [3.8, 4) is 5.75 Å². The van der Waals surface area contributed by atoms with Crippen molar-refractivity contribution in [2.75, 3.05) is 20.2 Å². The number of rotatable bonds is 4. The molecule has 0 fully saturated rings. The van der Waals surface area contributed by atoms with E-state index in [4.69, 9.17) is 4.74 Å². The molecule has 0 saturated heterocycles. The van der Waals surface area contributed by atoms with Gasteiger partial charge in [0.2, 0.25) is 0 Å². The second-order valence-corrected chi connectivity index (χ2v) is 7.30. The molecule has 0 unspecified atom stereocenters. The van der Waals surface area contributed by atoms with Gasteiger partial charge in [-0.25, -0.2) is 14.8 Å². The molecule has 0 radical (unpaired) electrons. The van der Waals surface area contributed by atoms with E-state index < -0.39 is 6.04 Å². The van der Waals surface area contributed by atoms with Crippen molar-refractivity contribution >= 4 is 6.03 Å². The number of fused-ring (bicyclic) bond motifs is 1. The minimum absolute atomic E-state index is 0.110. The van der Waals surface area contributed by atoms with E-state index in [2.05, 4.69) is 27.4 Å². The zero-order valence-corrected chi connectivity index (χ0v) is 17.0. The van der Waals surface area contributed by atoms with Crippen molar-refractivity contribution in [1.82, 2.24) is 29.3 Å². The van der Waals surface area contributed by atoms with Crippen molar-refractivity contribution in [2.24, 2.45) is 14.1 Å². The van der Waals surface area contributed by atoms with Crippen LogP contribution < -0.4 is 10.1 Å². The summed E-state index contributed by atoms with van der Waals surface area (Å²) in [7, 11) is 5.51. The van der Waals surface area contributed by atoms with Gasteiger partial charge >= 0.3 is 6.03 Å². The smallest absolute Gasteiger partial charge is 0.318 e. The Labute approximate surface area is 170 Å². The molecule has 2 aromatic heterocycles. The molecule has 3 heterocycles. The van der Waals surface area contributed by atoms with Crippen LogP contribution in [0.5, 0.6) is 5.75 Å². The zero-order valence-electron chi connectivity index (χ0n) is 17.0. The van der Waals surface area contributed by atoms with Crippen molar-refractivity contribution < 1.29 is 9.53 Å². The van der Waals surface area contributed by atoms with E-state index in [-0.39, 0.29) is 6.03 Å². The summed E-state index contributed by atoms with van der Waals surface area (Å²) in [5.41, 5.74) is 2.51. The van der Waals surface area contributed by atoms with Gasteiger partial charge in [0, 0.05) is 52.0 Å². The lowest BCUT2D eigenvalue weighted by Gasteiger charge is -2.25. The Hall–Kier alpha value is -3.29. The molecule has 0 atom stereocenters. The van der Waals surface area contributed by atoms with Crippen molar-refractivity contribution in [3.63, 3.8) is 0 Å². The van der Waals surface area contributed by atoms with Crippen LogP contribution in [0, 0.1) is 0 Å². The topological polar surface area (TPSA) is 77.2 Å². The maximum absolute atomic E-state index is 13.2. The minimum atomic E-state index is -0.423. The van der Waals surface area contributed by atoms with E-state index in [0.29, 0.717) is 13.1 Å². The van der Waals surface area contributed by atoms with E-state index in [1.165, 1.54) is 11.1 Å². The Balaban J connectivity index is 1.53. The first-order valence-corrected chi connectivity index (χ1v) is 9.72. The summed E-state index contributed by atoms with van der Waals surface area (Å²) in [5.74, 6) is 2.34. The van der Waals surface area contributed by atoms with E-state index >= 15 is 0 Å². The third-order valence-electron chi connectivity index (χ3n) is 5.50. The normalized spacial score (nSPS) is 13.9. The predicted octanol–water partition coefficient (Wildman–Crippen LogP) is 2.06. The highest BCUT2D eigenvalue weighted by Crippen LogP contribution is 2.23. The number of benzene rings is 1. The largest absolute Gasteiger partial charge is 0.497 e. The Morgan fingerprint density at radius 3 is 2.21 bits per heavy atom. The molecule has 1 N–H and O–H groups in total. The molecule has 0 bridgehead atoms. The molecule has 3 aromatic rings. The number of aryl methyl sites for hydroxylation is 2. The van der Waals surface area contributed by atoms with Crippen molar-refractivity contribution in [1.29, 1.82) is 0 Å². The number of imidazole rings is 2. The Bertz CT molecular complexity index is 968. The molecule has 4 rings (SSSR count). The SMILES string of the molecule is COc1ccc2c(c1)CCN(C(=O)NC(c1nccn1C)c1nccn1C)CC2. The molecule has 1 aromatic carbocycles. The number of nitrogens with one attached hydrogen (secondary N) is 1. The van der Waals surface area contributed by atoms with Gasteiger partial charge in [-0.3, -0.25) is 0 Å². The molecule has 8 heteroatoms. The number of carbonyl (C=O) groups is 1. The van der Waals surface area contributed by atoms with E-state index in [9.17, 15) is 4.79 Å². The fraction of sp³-hybridized carbons (Fsp3) is 0.381. The summed E-state index contributed by atoms with van der Waals surface area (Å²) in [6.45, 7) is 1.32. The van der Waals surface area contributed by atoms with Crippen LogP contribution in [0.4, 0.5) is 4.79 Å². The van der Waals surface area contributed by atoms with Gasteiger partial charge in [-0.1, -0.05) is 6.07 Å². The first-order chi connectivity index (χ1) is 14.1. The Kier molecular flexibility index (Phi) is 5.24. The number of aromatic nitrogens is 4. The fourth-order valence-electron chi connectivity index (χ4n) is 3.80. The van der Waals surface area contributed by atoms with Crippen LogP contribution in [-0.2, 0) is 26.9 Å². The fourth-order valence-corrected chi connectivity index (χ4v) is 3.80. The Morgan fingerprint density at radius 2 is 1.66 bits per heavy atom. The summed E-state index contributed by atoms with van der Waals surface area (Å²) in [6, 6.07) is 5.61. The van der Waals surface area contributed by atoms with E-state index in [1.807, 2.05) is 46.6 Å². The number of nitrogens with zero attached hydrogens (tertiary/aromatic N) is 5. The lowest BCUT2D eigenvalue weighted by molar-refractivity contribution is 0.196. The van der Waals surface area contributed by atoms with Crippen LogP contribution >= 0.6 is 0 Å². The van der Waals surface area contributed by atoms with E-state index in [0.717, 1.165) is 30.2 Å². The maximum atomic E-state index is 13.2. The third-order valence-corrected chi connectivity index (χ3v) is 5.50. The van der Waals surface area contributed by atoms with Crippen LogP contribution in [-0.4, -0.2) is 50.2 Å². The Morgan fingerprint density at radius 1 is 1.03 bits per heavy atom. The average molecular weight is 394 g/mol. The molecule has 0 spiro atoms. The number of hydrogen-bond acceptors (Lipinski definition) is 4. The highest BCUT2D eigenvalue weighted by Gasteiger charge is 2.27. The lowest BCUT2D eigenvalue weighted by atomic mass is 10.0. The molecule has 1 aliphatic rings. The van der Waals surface area contributed by atoms with Crippen molar-refractivity contribution in [3.05, 3.63) is 65.8 Å². The minimum Gasteiger partial charge on any atom is -0.497 e. The summed E-state index contributed by atoms with van der Waals surface area (Å²) in [4.78, 5) is 23.9. The number of carbonyl (C=O) groups excluding carboxylic acids is 1. The molecule has 29 heavy (non-hydrogen) atoms. The van der Waals surface area contributed by atoms with Crippen LogP contribution in [0.15, 0.2) is 43.0 Å². The van der Waals surface area contributed by atoms with Crippen LogP contribution in [0.3, 0.4) is 0 Å². The molecule has 0 saturated carbocycles. The molecule has 8 nitrogen and oxygen atoms in total. The molecular formula is C21H26N6O2. The standard InChI is InChI=1S/C21H26N6O2/c1-25-12-8-22-19(25)18(20-23-9-13-26(20)2)24-21(28)27-10-6-15-4-5-17(29-3)14-16(15)7-11-27/h4-5,8-9,12-14,18H,6-7,10-11H2,1-3H3,(H,24,28). The first kappa shape index (κ1) is 19.0. The molecule has 1 aliphatic heterocycles. The number of ether oxygens (including phenoxy) is 1. The van der Waals surface area contributed by atoms with Crippen LogP contribution in [0.1, 0.15) is 28.8 Å². The predicted molar refractivity (Wildman–Crippen MR) is 109 cm³/mol. The third kappa shape index (κ3) is 3.83. The quantitative estimate of drug-likeness (QED) is 0.735. The van der Waals surface area contributed by atoms with Gasteiger partial charge in [-0.05, 0) is 36.1 Å². The number of amides is 2. The zero-order chi connectivity index (χ0) is 20.4. The van der Waals surface area contributed by atoms with Crippen molar-refractivity contribution in [2.45, 2.75) is 18.9 Å². The van der Waals surface area contributed by atoms with E-state index in [1.54, 1.807) is 19.5 Å². The van der Waals surface area contributed by atoms with Gasteiger partial charge in [0.1, 0.15) is 23.4 Å². The highest BCUT2D eigenvalue weighted by atomic mass is 16.5. The summed E-state index contributed by atoms with van der Waals surface area (Å²) < 4.78 is 9.16. The van der Waals surface area contributed by atoms with Gasteiger partial charge in [0.05, 0.1) is 7.11 Å². The van der Waals surface area contributed by atoms with Crippen LogP contribution in [0.25, 0.3) is 0 Å². The first-order valence-electron chi connectivity index (χ1n) is 9.72. The summed E-state index contributed by atoms with van der Waals surface area (Å²) >= 11 is 0. The molecule has 152 valence electrons. The van der Waals surface area contributed by atoms with Crippen LogP contribution in [0.2, 0.25) is 0 Å².